The summed E-state index contributed by atoms with van der Waals surface area (Å²) in [5.74, 6) is -0.183. The number of hydrogen-bond acceptors (Lipinski definition) is 2. The van der Waals surface area contributed by atoms with Crippen molar-refractivity contribution in [3.05, 3.63) is 35.6 Å². The van der Waals surface area contributed by atoms with Crippen molar-refractivity contribution in [3.8, 4) is 0 Å². The summed E-state index contributed by atoms with van der Waals surface area (Å²) in [6, 6.07) is 6.78. The van der Waals surface area contributed by atoms with Crippen LogP contribution in [0.3, 0.4) is 0 Å². The average Bonchev–Trinajstić information content (AvgIpc) is 2.31. The molecule has 0 aliphatic heterocycles. The molecule has 3 atom stereocenters. The zero-order chi connectivity index (χ0) is 12.8. The van der Waals surface area contributed by atoms with Crippen molar-refractivity contribution in [1.29, 1.82) is 0 Å². The maximum absolute atomic E-state index is 13.6. The fourth-order valence-corrected chi connectivity index (χ4v) is 1.99. The summed E-state index contributed by atoms with van der Waals surface area (Å²) in [6.07, 6.45) is 2.50. The summed E-state index contributed by atoms with van der Waals surface area (Å²) in [5, 5.41) is 3.35. The number of halogens is 1. The Morgan fingerprint density at radius 1 is 1.41 bits per heavy atom. The zero-order valence-corrected chi connectivity index (χ0v) is 11.4. The first-order chi connectivity index (χ1) is 8.06. The van der Waals surface area contributed by atoms with E-state index in [1.54, 1.807) is 18.4 Å². The molecule has 0 heterocycles. The van der Waals surface area contributed by atoms with Crippen LogP contribution in [-0.4, -0.2) is 22.3 Å². The molecule has 2 nitrogen and oxygen atoms in total. The molecule has 0 saturated heterocycles. The van der Waals surface area contributed by atoms with E-state index in [-0.39, 0.29) is 17.1 Å². The van der Waals surface area contributed by atoms with E-state index in [2.05, 4.69) is 5.32 Å². The summed E-state index contributed by atoms with van der Waals surface area (Å²) >= 11 is 0. The van der Waals surface area contributed by atoms with Gasteiger partial charge < -0.3 is 5.32 Å². The van der Waals surface area contributed by atoms with E-state index in [1.807, 2.05) is 19.9 Å². The van der Waals surface area contributed by atoms with Gasteiger partial charge in [0.2, 0.25) is 0 Å². The van der Waals surface area contributed by atoms with Crippen LogP contribution >= 0.6 is 0 Å². The minimum Gasteiger partial charge on any atom is -0.309 e. The van der Waals surface area contributed by atoms with Crippen molar-refractivity contribution >= 4 is 10.8 Å². The third-order valence-corrected chi connectivity index (χ3v) is 4.21. The van der Waals surface area contributed by atoms with Crippen molar-refractivity contribution in [2.45, 2.75) is 31.6 Å². The van der Waals surface area contributed by atoms with E-state index in [0.717, 1.165) is 6.42 Å². The van der Waals surface area contributed by atoms with Crippen molar-refractivity contribution < 1.29 is 8.60 Å². The predicted octanol–water partition coefficient (Wildman–Crippen LogP) is 2.63. The molecule has 0 aliphatic rings. The SMILES string of the molecule is CC[C@H](NC[C@H](C)[S@](C)=O)c1ccccc1F. The highest BCUT2D eigenvalue weighted by Gasteiger charge is 2.14. The second kappa shape index (κ2) is 6.87. The topological polar surface area (TPSA) is 29.1 Å². The molecule has 0 aromatic heterocycles. The Morgan fingerprint density at radius 2 is 2.06 bits per heavy atom. The van der Waals surface area contributed by atoms with Crippen LogP contribution in [0.5, 0.6) is 0 Å². The predicted molar refractivity (Wildman–Crippen MR) is 71.0 cm³/mol. The van der Waals surface area contributed by atoms with E-state index in [0.29, 0.717) is 12.1 Å². The third-order valence-electron chi connectivity index (χ3n) is 2.91. The number of hydrogen-bond donors (Lipinski definition) is 1. The van der Waals surface area contributed by atoms with Gasteiger partial charge in [0.1, 0.15) is 5.82 Å². The maximum atomic E-state index is 13.6. The summed E-state index contributed by atoms with van der Waals surface area (Å²) in [4.78, 5) is 0. The molecule has 0 fully saturated rings. The van der Waals surface area contributed by atoms with E-state index in [1.165, 1.54) is 6.07 Å². The summed E-state index contributed by atoms with van der Waals surface area (Å²) < 4.78 is 24.9. The maximum Gasteiger partial charge on any atom is 0.127 e. The first kappa shape index (κ1) is 14.3. The van der Waals surface area contributed by atoms with Gasteiger partial charge in [0.15, 0.2) is 0 Å². The van der Waals surface area contributed by atoms with Gasteiger partial charge in [-0.05, 0) is 19.4 Å². The highest BCUT2D eigenvalue weighted by atomic mass is 32.2. The molecular formula is C13H20FNOS. The van der Waals surface area contributed by atoms with E-state index >= 15 is 0 Å². The first-order valence-electron chi connectivity index (χ1n) is 5.86. The molecular weight excluding hydrogens is 237 g/mol. The van der Waals surface area contributed by atoms with Crippen molar-refractivity contribution in [2.75, 3.05) is 12.8 Å². The van der Waals surface area contributed by atoms with Gasteiger partial charge >= 0.3 is 0 Å². The molecule has 1 rings (SSSR count). The largest absolute Gasteiger partial charge is 0.309 e. The molecule has 4 heteroatoms. The van der Waals surface area contributed by atoms with Crippen LogP contribution in [0, 0.1) is 5.82 Å². The normalized spacial score (nSPS) is 16.5. The van der Waals surface area contributed by atoms with E-state index in [4.69, 9.17) is 0 Å². The second-order valence-corrected chi connectivity index (χ2v) is 6.00. The Labute approximate surface area is 105 Å². The molecule has 17 heavy (non-hydrogen) atoms. The molecule has 1 aromatic carbocycles. The quantitative estimate of drug-likeness (QED) is 0.849. The van der Waals surface area contributed by atoms with E-state index in [9.17, 15) is 8.60 Å². The van der Waals surface area contributed by atoms with Crippen molar-refractivity contribution in [3.63, 3.8) is 0 Å². The number of rotatable bonds is 6. The highest BCUT2D eigenvalue weighted by Crippen LogP contribution is 2.19. The smallest absolute Gasteiger partial charge is 0.127 e. The first-order valence-corrected chi connectivity index (χ1v) is 7.48. The van der Waals surface area contributed by atoms with Gasteiger partial charge in [-0.3, -0.25) is 4.21 Å². The standard InChI is InChI=1S/C13H20FNOS/c1-4-13(15-9-10(2)17(3)16)11-7-5-6-8-12(11)14/h5-8,10,13,15H,4,9H2,1-3H3/t10-,13-,17-/m0/s1. The average molecular weight is 257 g/mol. The lowest BCUT2D eigenvalue weighted by Crippen LogP contribution is -2.31. The summed E-state index contributed by atoms with van der Waals surface area (Å²) in [7, 11) is -0.847. The molecule has 0 amide bonds. The van der Waals surface area contributed by atoms with Crippen LogP contribution in [-0.2, 0) is 10.8 Å². The molecule has 96 valence electrons. The van der Waals surface area contributed by atoms with Gasteiger partial charge in [-0.25, -0.2) is 4.39 Å². The van der Waals surface area contributed by atoms with Gasteiger partial charge in [-0.2, -0.15) is 0 Å². The molecule has 1 aromatic rings. The Balaban J connectivity index is 2.67. The minimum absolute atomic E-state index is 0.0119. The van der Waals surface area contributed by atoms with Crippen molar-refractivity contribution in [2.24, 2.45) is 0 Å². The lowest BCUT2D eigenvalue weighted by molar-refractivity contribution is 0.489. The Hall–Kier alpha value is -0.740. The van der Waals surface area contributed by atoms with Crippen LogP contribution in [0.4, 0.5) is 4.39 Å². The highest BCUT2D eigenvalue weighted by molar-refractivity contribution is 7.84. The van der Waals surface area contributed by atoms with Crippen LogP contribution in [0.25, 0.3) is 0 Å². The second-order valence-electron chi connectivity index (χ2n) is 4.20. The lowest BCUT2D eigenvalue weighted by Gasteiger charge is -2.20. The Bertz CT molecular complexity index is 383. The van der Waals surface area contributed by atoms with Crippen molar-refractivity contribution in [1.82, 2.24) is 5.32 Å². The fourth-order valence-electron chi connectivity index (χ4n) is 1.66. The van der Waals surface area contributed by atoms with Gasteiger partial charge in [-0.1, -0.05) is 25.1 Å². The van der Waals surface area contributed by atoms with Gasteiger partial charge in [0.25, 0.3) is 0 Å². The van der Waals surface area contributed by atoms with Crippen LogP contribution in [0.15, 0.2) is 24.3 Å². The molecule has 0 saturated carbocycles. The number of nitrogens with one attached hydrogen (secondary N) is 1. The fraction of sp³-hybridized carbons (Fsp3) is 0.538. The van der Waals surface area contributed by atoms with E-state index < -0.39 is 10.8 Å². The summed E-state index contributed by atoms with van der Waals surface area (Å²) in [6.45, 7) is 4.57. The van der Waals surface area contributed by atoms with Gasteiger partial charge in [0, 0.05) is 40.5 Å². The van der Waals surface area contributed by atoms with Crippen LogP contribution in [0.2, 0.25) is 0 Å². The summed E-state index contributed by atoms with van der Waals surface area (Å²) in [5.41, 5.74) is 0.684. The molecule has 0 spiro atoms. The van der Waals surface area contributed by atoms with Crippen LogP contribution in [0.1, 0.15) is 31.9 Å². The molecule has 0 unspecified atom stereocenters. The van der Waals surface area contributed by atoms with Gasteiger partial charge in [0.05, 0.1) is 0 Å². The molecule has 0 aliphatic carbocycles. The Kier molecular flexibility index (Phi) is 5.78. The van der Waals surface area contributed by atoms with Crippen LogP contribution < -0.4 is 5.32 Å². The minimum atomic E-state index is -0.847. The monoisotopic (exact) mass is 257 g/mol. The zero-order valence-electron chi connectivity index (χ0n) is 10.6. The molecule has 1 N–H and O–H groups in total. The number of benzene rings is 1. The Morgan fingerprint density at radius 3 is 2.59 bits per heavy atom. The molecule has 0 radical (unpaired) electrons. The molecule has 0 bridgehead atoms. The van der Waals surface area contributed by atoms with Gasteiger partial charge in [-0.15, -0.1) is 0 Å². The lowest BCUT2D eigenvalue weighted by atomic mass is 10.0. The third kappa shape index (κ3) is 4.21.